The van der Waals surface area contributed by atoms with Crippen molar-refractivity contribution in [1.82, 2.24) is 4.90 Å². The van der Waals surface area contributed by atoms with Crippen LogP contribution in [0.5, 0.6) is 0 Å². The van der Waals surface area contributed by atoms with Crippen LogP contribution in [-0.2, 0) is 5.41 Å². The number of nitrogens with zero attached hydrogens (tertiary/aromatic N) is 2. The standard InChI is InChI=1S/C33H34N2O4/c1-7-32(4,5)35-30(38)25-17-11-21(19-27(25)31(35)39)20-10-16-24-26(18-20)29(37)34(28(24)36)23-14-12-22(13-15-23)33(6,8-2)9-3/h10-19H,7-9H2,1-6H3. The van der Waals surface area contributed by atoms with Gasteiger partial charge in [-0.3, -0.25) is 24.1 Å². The van der Waals surface area contributed by atoms with Gasteiger partial charge in [-0.1, -0.05) is 52.0 Å². The van der Waals surface area contributed by atoms with Crippen LogP contribution in [0.3, 0.4) is 0 Å². The molecular weight excluding hydrogens is 488 g/mol. The number of anilines is 1. The summed E-state index contributed by atoms with van der Waals surface area (Å²) in [4.78, 5) is 55.5. The maximum absolute atomic E-state index is 13.5. The molecule has 0 saturated heterocycles. The minimum absolute atomic E-state index is 0.0423. The van der Waals surface area contributed by atoms with Gasteiger partial charge in [-0.05, 0) is 91.6 Å². The summed E-state index contributed by atoms with van der Waals surface area (Å²) in [6.07, 6.45) is 2.63. The van der Waals surface area contributed by atoms with E-state index in [0.29, 0.717) is 45.5 Å². The molecule has 3 aromatic rings. The summed E-state index contributed by atoms with van der Waals surface area (Å²) in [5.41, 5.74) is 3.99. The number of carbonyl (C=O) groups is 4. The van der Waals surface area contributed by atoms with Crippen molar-refractivity contribution in [2.24, 2.45) is 0 Å². The molecule has 0 bridgehead atoms. The molecule has 200 valence electrons. The van der Waals surface area contributed by atoms with E-state index in [0.717, 1.165) is 12.8 Å². The number of imide groups is 2. The lowest BCUT2D eigenvalue weighted by molar-refractivity contribution is 0.0474. The van der Waals surface area contributed by atoms with Crippen molar-refractivity contribution in [2.75, 3.05) is 4.90 Å². The largest absolute Gasteiger partial charge is 0.269 e. The third-order valence-electron chi connectivity index (χ3n) is 8.96. The topological polar surface area (TPSA) is 74.8 Å². The van der Waals surface area contributed by atoms with Crippen molar-refractivity contribution in [3.63, 3.8) is 0 Å². The van der Waals surface area contributed by atoms with Crippen LogP contribution in [0.15, 0.2) is 60.7 Å². The lowest BCUT2D eigenvalue weighted by Crippen LogP contribution is -2.47. The van der Waals surface area contributed by atoms with Gasteiger partial charge >= 0.3 is 0 Å². The summed E-state index contributed by atoms with van der Waals surface area (Å²) in [6.45, 7) is 12.2. The second-order valence-electron chi connectivity index (χ2n) is 11.4. The van der Waals surface area contributed by atoms with Crippen LogP contribution >= 0.6 is 0 Å². The number of rotatable bonds is 7. The second-order valence-corrected chi connectivity index (χ2v) is 11.4. The highest BCUT2D eigenvalue weighted by molar-refractivity contribution is 6.34. The van der Waals surface area contributed by atoms with Gasteiger partial charge in [-0.15, -0.1) is 0 Å². The van der Waals surface area contributed by atoms with E-state index >= 15 is 0 Å². The van der Waals surface area contributed by atoms with Gasteiger partial charge in [-0.25, -0.2) is 4.90 Å². The quantitative estimate of drug-likeness (QED) is 0.313. The van der Waals surface area contributed by atoms with Gasteiger partial charge in [0.2, 0.25) is 0 Å². The van der Waals surface area contributed by atoms with Crippen molar-refractivity contribution in [3.8, 4) is 11.1 Å². The van der Waals surface area contributed by atoms with Crippen molar-refractivity contribution in [3.05, 3.63) is 88.5 Å². The molecule has 5 rings (SSSR count). The van der Waals surface area contributed by atoms with E-state index in [9.17, 15) is 19.2 Å². The van der Waals surface area contributed by atoms with Crippen LogP contribution in [0.2, 0.25) is 0 Å². The molecule has 39 heavy (non-hydrogen) atoms. The zero-order valence-corrected chi connectivity index (χ0v) is 23.4. The first kappa shape index (κ1) is 26.5. The minimum atomic E-state index is -0.596. The molecule has 0 unspecified atom stereocenters. The molecule has 2 heterocycles. The van der Waals surface area contributed by atoms with Crippen molar-refractivity contribution in [2.45, 2.75) is 71.8 Å². The third kappa shape index (κ3) is 4.01. The molecule has 6 nitrogen and oxygen atoms in total. The molecule has 0 N–H and O–H groups in total. The molecule has 2 aliphatic rings. The Morgan fingerprint density at radius 3 is 1.54 bits per heavy atom. The third-order valence-corrected chi connectivity index (χ3v) is 8.96. The Morgan fingerprint density at radius 2 is 1.03 bits per heavy atom. The lowest BCUT2D eigenvalue weighted by atomic mass is 9.78. The molecule has 0 saturated carbocycles. The number of amides is 4. The first-order valence-electron chi connectivity index (χ1n) is 13.6. The van der Waals surface area contributed by atoms with E-state index in [1.165, 1.54) is 15.4 Å². The molecular formula is C33H34N2O4. The predicted octanol–water partition coefficient (Wildman–Crippen LogP) is 7.02. The Kier molecular flexibility index (Phi) is 6.33. The predicted molar refractivity (Wildman–Crippen MR) is 152 cm³/mol. The fourth-order valence-corrected chi connectivity index (χ4v) is 5.45. The summed E-state index contributed by atoms with van der Waals surface area (Å²) >= 11 is 0. The number of fused-ring (bicyclic) bond motifs is 2. The summed E-state index contributed by atoms with van der Waals surface area (Å²) in [7, 11) is 0. The molecule has 0 fully saturated rings. The van der Waals surface area contributed by atoms with E-state index in [1.807, 2.05) is 45.0 Å². The summed E-state index contributed by atoms with van der Waals surface area (Å²) in [6, 6.07) is 18.0. The first-order chi connectivity index (χ1) is 18.5. The highest BCUT2D eigenvalue weighted by atomic mass is 16.2. The highest BCUT2D eigenvalue weighted by Gasteiger charge is 2.43. The smallest absolute Gasteiger partial charge is 0.266 e. The molecule has 0 aliphatic carbocycles. The number of benzene rings is 3. The highest BCUT2D eigenvalue weighted by Crippen LogP contribution is 2.37. The monoisotopic (exact) mass is 522 g/mol. The van der Waals surface area contributed by atoms with E-state index < -0.39 is 5.54 Å². The van der Waals surface area contributed by atoms with Crippen molar-refractivity contribution >= 4 is 29.3 Å². The Morgan fingerprint density at radius 1 is 0.564 bits per heavy atom. The van der Waals surface area contributed by atoms with Gasteiger partial charge in [0, 0.05) is 5.54 Å². The van der Waals surface area contributed by atoms with Crippen LogP contribution in [0, 0.1) is 0 Å². The zero-order chi connectivity index (χ0) is 28.3. The summed E-state index contributed by atoms with van der Waals surface area (Å²) in [5, 5.41) is 0. The van der Waals surface area contributed by atoms with Crippen LogP contribution in [-0.4, -0.2) is 34.1 Å². The van der Waals surface area contributed by atoms with Crippen LogP contribution in [0.4, 0.5) is 5.69 Å². The average Bonchev–Trinajstić information content (AvgIpc) is 3.36. The van der Waals surface area contributed by atoms with Gasteiger partial charge in [0.25, 0.3) is 23.6 Å². The molecule has 0 aromatic heterocycles. The molecule has 0 spiro atoms. The SMILES string of the molecule is CCC(C)(CC)c1ccc(N2C(=O)c3ccc(-c4ccc5c(c4)C(=O)N(C(C)(C)CC)C5=O)cc3C2=O)cc1. The first-order valence-corrected chi connectivity index (χ1v) is 13.6. The van der Waals surface area contributed by atoms with Gasteiger partial charge in [0.1, 0.15) is 0 Å². The normalized spacial score (nSPS) is 15.3. The maximum atomic E-state index is 13.5. The Hall–Kier alpha value is -4.06. The van der Waals surface area contributed by atoms with E-state index in [-0.39, 0.29) is 29.0 Å². The molecule has 0 radical (unpaired) electrons. The summed E-state index contributed by atoms with van der Waals surface area (Å²) in [5.74, 6) is -1.33. The fraction of sp³-hybridized carbons (Fsp3) is 0.333. The Balaban J connectivity index is 1.46. The second kappa shape index (κ2) is 9.30. The van der Waals surface area contributed by atoms with Crippen LogP contribution < -0.4 is 4.90 Å². The van der Waals surface area contributed by atoms with Gasteiger partial charge < -0.3 is 0 Å². The van der Waals surface area contributed by atoms with Gasteiger partial charge in [-0.2, -0.15) is 0 Å². The maximum Gasteiger partial charge on any atom is 0.266 e. The Labute approximate surface area is 229 Å². The van der Waals surface area contributed by atoms with E-state index in [2.05, 4.69) is 20.8 Å². The zero-order valence-electron chi connectivity index (χ0n) is 23.4. The minimum Gasteiger partial charge on any atom is -0.269 e. The molecule has 6 heteroatoms. The van der Waals surface area contributed by atoms with Gasteiger partial charge in [0.15, 0.2) is 0 Å². The molecule has 2 aliphatic heterocycles. The molecule has 4 amide bonds. The summed E-state index contributed by atoms with van der Waals surface area (Å²) < 4.78 is 0. The van der Waals surface area contributed by atoms with E-state index in [1.54, 1.807) is 36.4 Å². The van der Waals surface area contributed by atoms with Crippen molar-refractivity contribution < 1.29 is 19.2 Å². The van der Waals surface area contributed by atoms with E-state index in [4.69, 9.17) is 0 Å². The number of carbonyl (C=O) groups excluding carboxylic acids is 4. The van der Waals surface area contributed by atoms with Gasteiger partial charge in [0.05, 0.1) is 27.9 Å². The van der Waals surface area contributed by atoms with Crippen LogP contribution in [0.1, 0.15) is 108 Å². The lowest BCUT2D eigenvalue weighted by Gasteiger charge is -2.32. The average molecular weight is 523 g/mol. The Bertz CT molecular complexity index is 1530. The van der Waals surface area contributed by atoms with Crippen molar-refractivity contribution in [1.29, 1.82) is 0 Å². The fourth-order valence-electron chi connectivity index (χ4n) is 5.45. The van der Waals surface area contributed by atoms with Crippen LogP contribution in [0.25, 0.3) is 11.1 Å². The number of hydrogen-bond acceptors (Lipinski definition) is 4. The molecule has 3 aromatic carbocycles. The molecule has 0 atom stereocenters. The number of hydrogen-bond donors (Lipinski definition) is 0.